The molecule has 1 amide bonds. The Morgan fingerprint density at radius 1 is 1.10 bits per heavy atom. The zero-order valence-electron chi connectivity index (χ0n) is 17.4. The van der Waals surface area contributed by atoms with Crippen LogP contribution in [0.25, 0.3) is 0 Å². The van der Waals surface area contributed by atoms with E-state index in [0.29, 0.717) is 31.4 Å². The van der Waals surface area contributed by atoms with Crippen molar-refractivity contribution in [2.75, 3.05) is 41.1 Å². The van der Waals surface area contributed by atoms with Gasteiger partial charge in [0.2, 0.25) is 0 Å². The van der Waals surface area contributed by atoms with Gasteiger partial charge in [-0.05, 0) is 48.4 Å². The largest absolute Gasteiger partial charge is 0.493 e. The number of benzene rings is 1. The molecular weight excluding hydrogens is 374 g/mol. The summed E-state index contributed by atoms with van der Waals surface area (Å²) < 4.78 is 28.7. The third-order valence-corrected chi connectivity index (χ3v) is 7.60. The Labute approximate surface area is 171 Å². The van der Waals surface area contributed by atoms with E-state index < -0.39 is 5.79 Å². The van der Waals surface area contributed by atoms with Gasteiger partial charge in [0.1, 0.15) is 0 Å². The molecular formula is C22H29NO6. The van der Waals surface area contributed by atoms with E-state index in [2.05, 4.69) is 12.1 Å². The fraction of sp³-hybridized carbons (Fsp3) is 0.682. The fourth-order valence-corrected chi connectivity index (χ4v) is 6.32. The minimum Gasteiger partial charge on any atom is -0.493 e. The van der Waals surface area contributed by atoms with E-state index in [-0.39, 0.29) is 17.6 Å². The van der Waals surface area contributed by atoms with Crippen molar-refractivity contribution in [1.82, 2.24) is 4.90 Å². The summed E-state index contributed by atoms with van der Waals surface area (Å²) in [6, 6.07) is 4.16. The Morgan fingerprint density at radius 2 is 1.83 bits per heavy atom. The Kier molecular flexibility index (Phi) is 4.44. The first kappa shape index (κ1) is 19.0. The van der Waals surface area contributed by atoms with E-state index in [1.54, 1.807) is 14.2 Å². The molecule has 2 spiro atoms. The minimum absolute atomic E-state index is 0.0163. The molecule has 1 aromatic rings. The second-order valence-corrected chi connectivity index (χ2v) is 8.64. The summed E-state index contributed by atoms with van der Waals surface area (Å²) in [7, 11) is 4.77. The Balaban J connectivity index is 1.69. The van der Waals surface area contributed by atoms with Gasteiger partial charge in [0.15, 0.2) is 17.3 Å². The number of hydrogen-bond acceptors (Lipinski definition) is 6. The van der Waals surface area contributed by atoms with Crippen molar-refractivity contribution < 1.29 is 28.5 Å². The molecule has 0 N–H and O–H groups in total. The molecule has 2 bridgehead atoms. The monoisotopic (exact) mass is 403 g/mol. The van der Waals surface area contributed by atoms with Crippen molar-refractivity contribution in [3.63, 3.8) is 0 Å². The first-order valence-electron chi connectivity index (χ1n) is 10.4. The minimum atomic E-state index is -0.506. The lowest BCUT2D eigenvalue weighted by atomic mass is 9.54. The molecule has 29 heavy (non-hydrogen) atoms. The van der Waals surface area contributed by atoms with Crippen molar-refractivity contribution in [2.24, 2.45) is 5.92 Å². The number of methoxy groups -OCH3 is 3. The van der Waals surface area contributed by atoms with Gasteiger partial charge in [-0.25, -0.2) is 4.79 Å². The van der Waals surface area contributed by atoms with Gasteiger partial charge in [-0.15, -0.1) is 0 Å². The van der Waals surface area contributed by atoms with E-state index in [1.807, 2.05) is 4.90 Å². The number of fused-ring (bicyclic) bond motifs is 2. The molecule has 0 radical (unpaired) electrons. The van der Waals surface area contributed by atoms with Gasteiger partial charge >= 0.3 is 6.09 Å². The lowest BCUT2D eigenvalue weighted by Gasteiger charge is -2.53. The van der Waals surface area contributed by atoms with Gasteiger partial charge in [0.05, 0.1) is 40.6 Å². The van der Waals surface area contributed by atoms with E-state index in [0.717, 1.165) is 43.4 Å². The molecule has 5 aliphatic rings. The molecule has 158 valence electrons. The quantitative estimate of drug-likeness (QED) is 0.754. The number of carbonyl (C=O) groups is 1. The fourth-order valence-electron chi connectivity index (χ4n) is 6.32. The van der Waals surface area contributed by atoms with Crippen LogP contribution in [0.3, 0.4) is 0 Å². The Bertz CT molecular complexity index is 820. The van der Waals surface area contributed by atoms with Crippen molar-refractivity contribution in [3.8, 4) is 11.5 Å². The number of nitrogens with zero attached hydrogens (tertiary/aromatic N) is 1. The molecule has 3 heterocycles. The molecule has 2 aliphatic carbocycles. The summed E-state index contributed by atoms with van der Waals surface area (Å²) in [4.78, 5) is 14.5. The van der Waals surface area contributed by atoms with Crippen molar-refractivity contribution in [3.05, 3.63) is 23.3 Å². The normalized spacial score (nSPS) is 31.8. The average Bonchev–Trinajstić information content (AvgIpc) is 3.07. The molecule has 3 atom stereocenters. The highest BCUT2D eigenvalue weighted by molar-refractivity contribution is 5.69. The number of amides is 1. The van der Waals surface area contributed by atoms with Crippen LogP contribution in [0.2, 0.25) is 0 Å². The highest BCUT2D eigenvalue weighted by Gasteiger charge is 2.59. The summed E-state index contributed by atoms with van der Waals surface area (Å²) in [6.07, 6.45) is 4.27. The maximum absolute atomic E-state index is 12.6. The van der Waals surface area contributed by atoms with E-state index in [4.69, 9.17) is 23.7 Å². The predicted molar refractivity (Wildman–Crippen MR) is 104 cm³/mol. The van der Waals surface area contributed by atoms with Gasteiger partial charge in [-0.3, -0.25) is 0 Å². The van der Waals surface area contributed by atoms with Crippen LogP contribution in [0.15, 0.2) is 12.1 Å². The Hall–Kier alpha value is -1.99. The van der Waals surface area contributed by atoms with Crippen LogP contribution in [-0.4, -0.2) is 57.9 Å². The van der Waals surface area contributed by atoms with E-state index in [1.165, 1.54) is 12.7 Å². The lowest BCUT2D eigenvalue weighted by Crippen LogP contribution is -2.51. The average molecular weight is 403 g/mol. The number of ether oxygens (including phenoxy) is 5. The zero-order valence-corrected chi connectivity index (χ0v) is 17.4. The van der Waals surface area contributed by atoms with Crippen LogP contribution in [0.5, 0.6) is 11.5 Å². The van der Waals surface area contributed by atoms with E-state index in [9.17, 15) is 4.79 Å². The summed E-state index contributed by atoms with van der Waals surface area (Å²) in [6.45, 7) is 1.95. The summed E-state index contributed by atoms with van der Waals surface area (Å²) in [5.41, 5.74) is 2.27. The SMILES string of the molecule is COC(=O)N1CC[C@@]23CC4(CC[C@H]2C[C@H]1c1cc(OC)c(OC)cc13)OCCO4. The molecule has 7 nitrogen and oxygen atoms in total. The van der Waals surface area contributed by atoms with Gasteiger partial charge < -0.3 is 28.6 Å². The molecule has 6 rings (SSSR count). The van der Waals surface area contributed by atoms with Gasteiger partial charge in [-0.2, -0.15) is 0 Å². The topological polar surface area (TPSA) is 66.5 Å². The smallest absolute Gasteiger partial charge is 0.409 e. The molecule has 1 saturated carbocycles. The van der Waals surface area contributed by atoms with Crippen LogP contribution >= 0.6 is 0 Å². The maximum Gasteiger partial charge on any atom is 0.409 e. The van der Waals surface area contributed by atoms with Gasteiger partial charge in [0.25, 0.3) is 0 Å². The predicted octanol–water partition coefficient (Wildman–Crippen LogP) is 3.40. The second-order valence-electron chi connectivity index (χ2n) is 8.64. The van der Waals surface area contributed by atoms with Crippen molar-refractivity contribution >= 4 is 6.09 Å². The summed E-state index contributed by atoms with van der Waals surface area (Å²) in [5.74, 6) is 1.37. The van der Waals surface area contributed by atoms with Crippen LogP contribution in [0.4, 0.5) is 4.79 Å². The molecule has 0 aromatic heterocycles. The van der Waals surface area contributed by atoms with Crippen molar-refractivity contribution in [2.45, 2.75) is 49.3 Å². The third-order valence-electron chi connectivity index (χ3n) is 7.60. The summed E-state index contributed by atoms with van der Waals surface area (Å²) >= 11 is 0. The first-order valence-corrected chi connectivity index (χ1v) is 10.4. The second kappa shape index (κ2) is 6.77. The van der Waals surface area contributed by atoms with Crippen LogP contribution in [-0.2, 0) is 19.6 Å². The number of rotatable bonds is 2. The zero-order chi connectivity index (χ0) is 20.2. The van der Waals surface area contributed by atoms with Gasteiger partial charge in [0, 0.05) is 24.8 Å². The van der Waals surface area contributed by atoms with Crippen molar-refractivity contribution in [1.29, 1.82) is 0 Å². The molecule has 3 fully saturated rings. The van der Waals surface area contributed by atoms with E-state index >= 15 is 0 Å². The van der Waals surface area contributed by atoms with Gasteiger partial charge in [-0.1, -0.05) is 0 Å². The summed E-state index contributed by atoms with van der Waals surface area (Å²) in [5, 5.41) is 0. The maximum atomic E-state index is 12.6. The first-order chi connectivity index (χ1) is 14.1. The molecule has 7 heteroatoms. The molecule has 1 aromatic carbocycles. The van der Waals surface area contributed by atoms with Crippen LogP contribution in [0, 0.1) is 5.92 Å². The number of carbonyl (C=O) groups excluding carboxylic acids is 1. The lowest BCUT2D eigenvalue weighted by molar-refractivity contribution is -0.202. The molecule has 2 saturated heterocycles. The Morgan fingerprint density at radius 3 is 2.52 bits per heavy atom. The number of hydrogen-bond donors (Lipinski definition) is 0. The highest BCUT2D eigenvalue weighted by atomic mass is 16.7. The third kappa shape index (κ3) is 2.66. The molecule has 3 aliphatic heterocycles. The van der Waals surface area contributed by atoms with Crippen LogP contribution in [0.1, 0.15) is 49.3 Å². The molecule has 0 unspecified atom stereocenters. The standard InChI is InChI=1S/C22H29NO6/c1-25-18-11-15-16(12-19(18)26-2)21-6-7-23(20(24)27-3)17(15)10-14(21)4-5-22(13-21)28-8-9-29-22/h11-12,14,17H,4-10,13H2,1-3H3/t14-,17-,21+/m0/s1. The van der Waals surface area contributed by atoms with Crippen LogP contribution < -0.4 is 9.47 Å². The highest BCUT2D eigenvalue weighted by Crippen LogP contribution is 2.62.